The Morgan fingerprint density at radius 1 is 1.04 bits per heavy atom. The number of hydrogen-bond donors (Lipinski definition) is 0. The Bertz CT molecular complexity index is 736. The van der Waals surface area contributed by atoms with Crippen molar-refractivity contribution >= 4 is 17.3 Å². The Hall–Kier alpha value is -2.33. The van der Waals surface area contributed by atoms with Gasteiger partial charge in [0.05, 0.1) is 13.2 Å². The first kappa shape index (κ1) is 15.2. The predicted molar refractivity (Wildman–Crippen MR) is 95.9 cm³/mol. The van der Waals surface area contributed by atoms with Crippen molar-refractivity contribution in [3.63, 3.8) is 0 Å². The number of fused-ring (bicyclic) bond motifs is 1. The lowest BCUT2D eigenvalue weighted by molar-refractivity contribution is 0.0981. The van der Waals surface area contributed by atoms with E-state index in [9.17, 15) is 4.79 Å². The van der Waals surface area contributed by atoms with Crippen molar-refractivity contribution < 1.29 is 9.53 Å². The average Bonchev–Trinajstić information content (AvgIpc) is 2.98. The maximum atomic E-state index is 13.0. The van der Waals surface area contributed by atoms with E-state index in [1.165, 1.54) is 5.56 Å². The summed E-state index contributed by atoms with van der Waals surface area (Å²) in [5, 5.41) is 0. The molecule has 2 heterocycles. The molecule has 0 spiro atoms. The van der Waals surface area contributed by atoms with Gasteiger partial charge in [-0.1, -0.05) is 18.2 Å². The largest absolute Gasteiger partial charge is 0.378 e. The summed E-state index contributed by atoms with van der Waals surface area (Å²) < 4.78 is 5.39. The van der Waals surface area contributed by atoms with Crippen molar-refractivity contribution in [3.05, 3.63) is 59.7 Å². The van der Waals surface area contributed by atoms with Gasteiger partial charge in [-0.3, -0.25) is 4.79 Å². The smallest absolute Gasteiger partial charge is 0.258 e. The Balaban J connectivity index is 1.56. The van der Waals surface area contributed by atoms with Gasteiger partial charge in [0.2, 0.25) is 0 Å². The zero-order chi connectivity index (χ0) is 16.5. The van der Waals surface area contributed by atoms with Crippen molar-refractivity contribution in [2.75, 3.05) is 36.1 Å². The number of carbonyl (C=O) groups excluding carboxylic acids is 1. The van der Waals surface area contributed by atoms with Gasteiger partial charge in [-0.15, -0.1) is 0 Å². The molecule has 0 saturated carbocycles. The first-order valence-electron chi connectivity index (χ1n) is 8.58. The number of amides is 1. The third-order valence-corrected chi connectivity index (χ3v) is 4.92. The summed E-state index contributed by atoms with van der Waals surface area (Å²) in [6, 6.07) is 16.4. The lowest BCUT2D eigenvalue weighted by Crippen LogP contribution is -2.37. The Morgan fingerprint density at radius 2 is 1.75 bits per heavy atom. The molecule has 4 heteroatoms. The lowest BCUT2D eigenvalue weighted by Gasteiger charge is -2.29. The SMILES string of the molecule is CC1Cc2ccccc2N1C(=O)c1ccc(N2CCOCC2)cc1. The Labute approximate surface area is 142 Å². The highest BCUT2D eigenvalue weighted by Gasteiger charge is 2.31. The van der Waals surface area contributed by atoms with Crippen LogP contribution in [-0.2, 0) is 11.2 Å². The summed E-state index contributed by atoms with van der Waals surface area (Å²) in [4.78, 5) is 17.2. The van der Waals surface area contributed by atoms with Gasteiger partial charge in [0.15, 0.2) is 0 Å². The summed E-state index contributed by atoms with van der Waals surface area (Å²) in [6.07, 6.45) is 0.924. The van der Waals surface area contributed by atoms with Crippen LogP contribution in [0.1, 0.15) is 22.8 Å². The minimum atomic E-state index is 0.0842. The molecular weight excluding hydrogens is 300 g/mol. The van der Waals surface area contributed by atoms with Crippen molar-refractivity contribution in [2.24, 2.45) is 0 Å². The van der Waals surface area contributed by atoms with Crippen LogP contribution in [0, 0.1) is 0 Å². The van der Waals surface area contributed by atoms with Gasteiger partial charge in [-0.05, 0) is 49.2 Å². The van der Waals surface area contributed by atoms with Gasteiger partial charge in [-0.25, -0.2) is 0 Å². The molecule has 0 radical (unpaired) electrons. The molecule has 4 nitrogen and oxygen atoms in total. The monoisotopic (exact) mass is 322 g/mol. The summed E-state index contributed by atoms with van der Waals surface area (Å²) in [7, 11) is 0. The fourth-order valence-electron chi connectivity index (χ4n) is 3.65. The number of carbonyl (C=O) groups is 1. The van der Waals surface area contributed by atoms with Crippen LogP contribution in [-0.4, -0.2) is 38.3 Å². The van der Waals surface area contributed by atoms with E-state index in [0.717, 1.165) is 49.7 Å². The average molecular weight is 322 g/mol. The number of para-hydroxylation sites is 1. The summed E-state index contributed by atoms with van der Waals surface area (Å²) in [5.41, 5.74) is 4.20. The first-order valence-corrected chi connectivity index (χ1v) is 8.58. The molecule has 2 aromatic rings. The van der Waals surface area contributed by atoms with Crippen LogP contribution in [0.4, 0.5) is 11.4 Å². The number of benzene rings is 2. The van der Waals surface area contributed by atoms with E-state index in [0.29, 0.717) is 0 Å². The summed E-state index contributed by atoms with van der Waals surface area (Å²) in [5.74, 6) is 0.0842. The zero-order valence-corrected chi connectivity index (χ0v) is 13.9. The number of ether oxygens (including phenoxy) is 1. The fraction of sp³-hybridized carbons (Fsp3) is 0.350. The molecule has 2 aromatic carbocycles. The topological polar surface area (TPSA) is 32.8 Å². The molecule has 124 valence electrons. The molecule has 0 aromatic heterocycles. The van der Waals surface area contributed by atoms with Crippen LogP contribution < -0.4 is 9.80 Å². The first-order chi connectivity index (χ1) is 11.7. The normalized spacial score (nSPS) is 20.1. The van der Waals surface area contributed by atoms with E-state index in [1.54, 1.807) is 0 Å². The quantitative estimate of drug-likeness (QED) is 0.852. The van der Waals surface area contributed by atoms with Crippen molar-refractivity contribution in [2.45, 2.75) is 19.4 Å². The highest BCUT2D eigenvalue weighted by molar-refractivity contribution is 6.07. The molecule has 0 bridgehead atoms. The van der Waals surface area contributed by atoms with Gasteiger partial charge in [0, 0.05) is 36.1 Å². The molecule has 2 aliphatic rings. The van der Waals surface area contributed by atoms with Crippen molar-refractivity contribution in [3.8, 4) is 0 Å². The number of hydrogen-bond acceptors (Lipinski definition) is 3. The lowest BCUT2D eigenvalue weighted by atomic mass is 10.1. The molecular formula is C20H22N2O2. The van der Waals surface area contributed by atoms with Gasteiger partial charge >= 0.3 is 0 Å². The molecule has 1 saturated heterocycles. The van der Waals surface area contributed by atoms with Crippen LogP contribution in [0.5, 0.6) is 0 Å². The zero-order valence-electron chi connectivity index (χ0n) is 13.9. The molecule has 2 aliphatic heterocycles. The molecule has 1 atom stereocenters. The van der Waals surface area contributed by atoms with Crippen LogP contribution in [0.3, 0.4) is 0 Å². The minimum absolute atomic E-state index is 0.0842. The molecule has 0 N–H and O–H groups in total. The summed E-state index contributed by atoms with van der Waals surface area (Å²) in [6.45, 7) is 5.46. The van der Waals surface area contributed by atoms with E-state index >= 15 is 0 Å². The van der Waals surface area contributed by atoms with E-state index < -0.39 is 0 Å². The minimum Gasteiger partial charge on any atom is -0.378 e. The maximum absolute atomic E-state index is 13.0. The van der Waals surface area contributed by atoms with Crippen LogP contribution in [0.25, 0.3) is 0 Å². The van der Waals surface area contributed by atoms with Crippen LogP contribution in [0.15, 0.2) is 48.5 Å². The van der Waals surface area contributed by atoms with Gasteiger partial charge in [0.1, 0.15) is 0 Å². The standard InChI is InChI=1S/C20H22N2O2/c1-15-14-17-4-2-3-5-19(17)22(15)20(23)16-6-8-18(9-7-16)21-10-12-24-13-11-21/h2-9,15H,10-14H2,1H3. The van der Waals surface area contributed by atoms with E-state index in [1.807, 2.05) is 47.4 Å². The molecule has 1 amide bonds. The van der Waals surface area contributed by atoms with Gasteiger partial charge in [-0.2, -0.15) is 0 Å². The maximum Gasteiger partial charge on any atom is 0.258 e. The fourth-order valence-corrected chi connectivity index (χ4v) is 3.65. The number of morpholine rings is 1. The van der Waals surface area contributed by atoms with Gasteiger partial charge < -0.3 is 14.5 Å². The van der Waals surface area contributed by atoms with E-state index in [-0.39, 0.29) is 11.9 Å². The Kier molecular flexibility index (Phi) is 3.98. The predicted octanol–water partition coefficient (Wildman–Crippen LogP) is 3.11. The van der Waals surface area contributed by atoms with Crippen molar-refractivity contribution in [1.29, 1.82) is 0 Å². The highest BCUT2D eigenvalue weighted by atomic mass is 16.5. The molecule has 24 heavy (non-hydrogen) atoms. The molecule has 1 unspecified atom stereocenters. The van der Waals surface area contributed by atoms with E-state index in [2.05, 4.69) is 17.9 Å². The number of rotatable bonds is 2. The third kappa shape index (κ3) is 2.67. The Morgan fingerprint density at radius 3 is 2.50 bits per heavy atom. The van der Waals surface area contributed by atoms with E-state index in [4.69, 9.17) is 4.74 Å². The second-order valence-corrected chi connectivity index (χ2v) is 6.50. The third-order valence-electron chi connectivity index (χ3n) is 4.92. The molecule has 1 fully saturated rings. The second-order valence-electron chi connectivity index (χ2n) is 6.50. The van der Waals surface area contributed by atoms with Crippen LogP contribution in [0.2, 0.25) is 0 Å². The number of anilines is 2. The number of nitrogens with zero attached hydrogens (tertiary/aromatic N) is 2. The second kappa shape index (κ2) is 6.29. The summed E-state index contributed by atoms with van der Waals surface area (Å²) >= 11 is 0. The van der Waals surface area contributed by atoms with Crippen molar-refractivity contribution in [1.82, 2.24) is 0 Å². The molecule has 0 aliphatic carbocycles. The highest BCUT2D eigenvalue weighted by Crippen LogP contribution is 2.33. The van der Waals surface area contributed by atoms with Gasteiger partial charge in [0.25, 0.3) is 5.91 Å². The molecule has 4 rings (SSSR count). The van der Waals surface area contributed by atoms with Crippen LogP contribution >= 0.6 is 0 Å².